The number of carbonyl (C=O) groups excluding carboxylic acids is 1. The molecule has 0 fully saturated rings. The number of benzene rings is 1. The fourth-order valence-corrected chi connectivity index (χ4v) is 2.29. The van der Waals surface area contributed by atoms with Crippen molar-refractivity contribution in [1.29, 1.82) is 0 Å². The van der Waals surface area contributed by atoms with Crippen molar-refractivity contribution in [3.63, 3.8) is 0 Å². The van der Waals surface area contributed by atoms with Crippen molar-refractivity contribution in [2.75, 3.05) is 0 Å². The number of carbonyl (C=O) groups is 1. The zero-order valence-electron chi connectivity index (χ0n) is 8.61. The Hall–Kier alpha value is -2.01. The number of hydrogen-bond acceptors (Lipinski definition) is 3. The van der Waals surface area contributed by atoms with Gasteiger partial charge in [0.05, 0.1) is 16.1 Å². The molecule has 0 amide bonds. The molecular weight excluding hydrogens is 239 g/mol. The van der Waals surface area contributed by atoms with E-state index >= 15 is 0 Å². The molecule has 84 valence electrons. The van der Waals surface area contributed by atoms with Gasteiger partial charge < -0.3 is 4.98 Å². The molecule has 3 nitrogen and oxygen atoms in total. The van der Waals surface area contributed by atoms with Gasteiger partial charge in [0.2, 0.25) is 0 Å². The lowest BCUT2D eigenvalue weighted by Gasteiger charge is -1.90. The first-order valence-electron chi connectivity index (χ1n) is 4.97. The Kier molecular flexibility index (Phi) is 2.26. The summed E-state index contributed by atoms with van der Waals surface area (Å²) in [7, 11) is 0. The Morgan fingerprint density at radius 1 is 1.35 bits per heavy atom. The first-order chi connectivity index (χ1) is 8.28. The number of aromatic amines is 1. The Bertz CT molecular complexity index is 701. The molecular formula is C12H7FN2OS. The number of aldehydes is 1. The van der Waals surface area contributed by atoms with Gasteiger partial charge in [-0.1, -0.05) is 12.1 Å². The van der Waals surface area contributed by atoms with Gasteiger partial charge in [-0.15, -0.1) is 0 Å². The standard InChI is InChI=1S/C12H7FN2OS/c13-9-3-1-2-7-4-10(14-12(7)9)11-5-8(6-16)17-15-11/h1-6,14H. The number of para-hydroxylation sites is 1. The van der Waals surface area contributed by atoms with E-state index in [2.05, 4.69) is 9.36 Å². The van der Waals surface area contributed by atoms with Crippen LogP contribution in [0.3, 0.4) is 0 Å². The minimum atomic E-state index is -0.292. The lowest BCUT2D eigenvalue weighted by atomic mass is 10.2. The first kappa shape index (κ1) is 10.2. The summed E-state index contributed by atoms with van der Waals surface area (Å²) in [6.07, 6.45) is 0.754. The van der Waals surface area contributed by atoms with Gasteiger partial charge in [0, 0.05) is 5.39 Å². The third-order valence-electron chi connectivity index (χ3n) is 2.53. The van der Waals surface area contributed by atoms with Crippen LogP contribution in [-0.4, -0.2) is 15.6 Å². The van der Waals surface area contributed by atoms with E-state index in [1.54, 1.807) is 12.1 Å². The molecule has 3 aromatic rings. The number of rotatable bonds is 2. The normalized spacial score (nSPS) is 10.9. The second-order valence-electron chi connectivity index (χ2n) is 3.62. The van der Waals surface area contributed by atoms with Crippen LogP contribution in [0.25, 0.3) is 22.3 Å². The molecule has 3 rings (SSSR count). The minimum Gasteiger partial charge on any atom is -0.351 e. The molecule has 2 aromatic heterocycles. The molecule has 0 radical (unpaired) electrons. The van der Waals surface area contributed by atoms with E-state index in [0.29, 0.717) is 16.1 Å². The molecule has 0 aliphatic heterocycles. The largest absolute Gasteiger partial charge is 0.351 e. The SMILES string of the molecule is O=Cc1cc(-c2cc3cccc(F)c3[nH]2)ns1. The predicted octanol–water partition coefficient (Wildman–Crippen LogP) is 3.24. The topological polar surface area (TPSA) is 45.8 Å². The van der Waals surface area contributed by atoms with Crippen LogP contribution in [0, 0.1) is 5.82 Å². The zero-order valence-corrected chi connectivity index (χ0v) is 9.42. The molecule has 0 unspecified atom stereocenters. The van der Waals surface area contributed by atoms with Crippen molar-refractivity contribution < 1.29 is 9.18 Å². The van der Waals surface area contributed by atoms with Crippen LogP contribution >= 0.6 is 11.5 Å². The minimum absolute atomic E-state index is 0.292. The van der Waals surface area contributed by atoms with Crippen molar-refractivity contribution in [2.24, 2.45) is 0 Å². The lowest BCUT2D eigenvalue weighted by Crippen LogP contribution is -1.77. The van der Waals surface area contributed by atoms with E-state index in [1.165, 1.54) is 6.07 Å². The highest BCUT2D eigenvalue weighted by Crippen LogP contribution is 2.26. The van der Waals surface area contributed by atoms with E-state index in [-0.39, 0.29) is 5.82 Å². The molecule has 1 N–H and O–H groups in total. The van der Waals surface area contributed by atoms with Crippen molar-refractivity contribution >= 4 is 28.7 Å². The molecule has 0 spiro atoms. The third kappa shape index (κ3) is 1.64. The smallest absolute Gasteiger partial charge is 0.161 e. The highest BCUT2D eigenvalue weighted by Gasteiger charge is 2.09. The summed E-state index contributed by atoms with van der Waals surface area (Å²) in [6, 6.07) is 8.39. The summed E-state index contributed by atoms with van der Waals surface area (Å²) in [6.45, 7) is 0. The fraction of sp³-hybridized carbons (Fsp3) is 0. The molecule has 2 heterocycles. The summed E-state index contributed by atoms with van der Waals surface area (Å²) < 4.78 is 17.6. The Morgan fingerprint density at radius 3 is 2.94 bits per heavy atom. The van der Waals surface area contributed by atoms with Gasteiger partial charge in [-0.25, -0.2) is 4.39 Å². The average molecular weight is 246 g/mol. The molecule has 1 aromatic carbocycles. The maximum absolute atomic E-state index is 13.5. The van der Waals surface area contributed by atoms with Gasteiger partial charge in [0.25, 0.3) is 0 Å². The van der Waals surface area contributed by atoms with Crippen LogP contribution in [0.15, 0.2) is 30.3 Å². The van der Waals surface area contributed by atoms with Crippen LogP contribution in [0.4, 0.5) is 4.39 Å². The van der Waals surface area contributed by atoms with Crippen molar-refractivity contribution in [2.45, 2.75) is 0 Å². The van der Waals surface area contributed by atoms with Gasteiger partial charge in [-0.05, 0) is 29.7 Å². The molecule has 17 heavy (non-hydrogen) atoms. The molecule has 5 heteroatoms. The van der Waals surface area contributed by atoms with E-state index in [4.69, 9.17) is 0 Å². The summed E-state index contributed by atoms with van der Waals surface area (Å²) in [5.41, 5.74) is 1.84. The Labute approximate surface area is 100 Å². The predicted molar refractivity (Wildman–Crippen MR) is 64.8 cm³/mol. The Balaban J connectivity index is 2.17. The van der Waals surface area contributed by atoms with Crippen LogP contribution < -0.4 is 0 Å². The summed E-state index contributed by atoms with van der Waals surface area (Å²) in [4.78, 5) is 14.1. The van der Waals surface area contributed by atoms with Crippen LogP contribution in [0.2, 0.25) is 0 Å². The second-order valence-corrected chi connectivity index (χ2v) is 4.46. The molecule has 0 atom stereocenters. The zero-order chi connectivity index (χ0) is 11.8. The van der Waals surface area contributed by atoms with Crippen LogP contribution in [-0.2, 0) is 0 Å². The molecule has 0 aliphatic carbocycles. The average Bonchev–Trinajstić information content (AvgIpc) is 2.95. The molecule has 0 bridgehead atoms. The lowest BCUT2D eigenvalue weighted by molar-refractivity contribution is 0.112. The second kappa shape index (κ2) is 3.78. The molecule has 0 saturated carbocycles. The highest BCUT2D eigenvalue weighted by atomic mass is 32.1. The Morgan fingerprint density at radius 2 is 2.24 bits per heavy atom. The van der Waals surface area contributed by atoms with Gasteiger partial charge in [0.1, 0.15) is 11.5 Å². The summed E-state index contributed by atoms with van der Waals surface area (Å²) >= 11 is 1.13. The number of hydrogen-bond donors (Lipinski definition) is 1. The van der Waals surface area contributed by atoms with E-state index in [1.807, 2.05) is 12.1 Å². The van der Waals surface area contributed by atoms with Crippen LogP contribution in [0.5, 0.6) is 0 Å². The number of nitrogens with one attached hydrogen (secondary N) is 1. The quantitative estimate of drug-likeness (QED) is 0.705. The van der Waals surface area contributed by atoms with Crippen molar-refractivity contribution in [3.05, 3.63) is 41.0 Å². The number of nitrogens with zero attached hydrogens (tertiary/aromatic N) is 1. The van der Waals surface area contributed by atoms with Gasteiger partial charge in [0.15, 0.2) is 6.29 Å². The van der Waals surface area contributed by atoms with E-state index < -0.39 is 0 Å². The van der Waals surface area contributed by atoms with Crippen molar-refractivity contribution in [3.8, 4) is 11.4 Å². The number of aromatic nitrogens is 2. The molecule has 0 saturated heterocycles. The maximum Gasteiger partial charge on any atom is 0.161 e. The van der Waals surface area contributed by atoms with Gasteiger partial charge in [-0.2, -0.15) is 4.37 Å². The number of H-pyrrole nitrogens is 1. The summed E-state index contributed by atoms with van der Waals surface area (Å²) in [5.74, 6) is -0.292. The summed E-state index contributed by atoms with van der Waals surface area (Å²) in [5, 5.41) is 0.792. The fourth-order valence-electron chi connectivity index (χ4n) is 1.73. The monoisotopic (exact) mass is 246 g/mol. The van der Waals surface area contributed by atoms with Crippen LogP contribution in [0.1, 0.15) is 9.67 Å². The molecule has 0 aliphatic rings. The number of fused-ring (bicyclic) bond motifs is 1. The maximum atomic E-state index is 13.5. The highest BCUT2D eigenvalue weighted by molar-refractivity contribution is 7.07. The van der Waals surface area contributed by atoms with Crippen molar-refractivity contribution in [1.82, 2.24) is 9.36 Å². The third-order valence-corrected chi connectivity index (χ3v) is 3.24. The van der Waals surface area contributed by atoms with E-state index in [9.17, 15) is 9.18 Å². The van der Waals surface area contributed by atoms with E-state index in [0.717, 1.165) is 28.9 Å². The van der Waals surface area contributed by atoms with Gasteiger partial charge in [-0.3, -0.25) is 4.79 Å². The first-order valence-corrected chi connectivity index (χ1v) is 5.75. The number of halogens is 1. The van der Waals surface area contributed by atoms with Gasteiger partial charge >= 0.3 is 0 Å².